The molecule has 0 spiro atoms. The van der Waals surface area contributed by atoms with Crippen molar-refractivity contribution in [2.75, 3.05) is 7.11 Å². The fourth-order valence-electron chi connectivity index (χ4n) is 0.560. The van der Waals surface area contributed by atoms with Crippen molar-refractivity contribution in [2.45, 2.75) is 6.92 Å². The summed E-state index contributed by atoms with van der Waals surface area (Å²) in [6.07, 6.45) is -2.08. The summed E-state index contributed by atoms with van der Waals surface area (Å²) in [4.78, 5) is 19.1. The predicted octanol–water partition coefficient (Wildman–Crippen LogP) is -3.34. The summed E-state index contributed by atoms with van der Waals surface area (Å²) in [6, 6.07) is 1.52. The van der Waals surface area contributed by atoms with E-state index >= 15 is 0 Å². The van der Waals surface area contributed by atoms with Crippen LogP contribution in [0, 0.1) is 6.92 Å². The quantitative estimate of drug-likeness (QED) is 0.404. The molecule has 0 atom stereocenters. The Balaban J connectivity index is 0. The molecule has 1 aromatic heterocycles. The van der Waals surface area contributed by atoms with E-state index in [2.05, 4.69) is 14.4 Å². The van der Waals surface area contributed by atoms with Crippen LogP contribution in [0.4, 0.5) is 4.79 Å². The molecular formula is C7H8KNO6. The molecule has 0 aromatic carbocycles. The minimum absolute atomic E-state index is 0. The summed E-state index contributed by atoms with van der Waals surface area (Å²) in [5, 5.41) is 18.8. The molecule has 1 aromatic rings. The number of hydrogen-bond acceptors (Lipinski definition) is 6. The summed E-state index contributed by atoms with van der Waals surface area (Å²) in [7, 11) is 1.29. The third kappa shape index (κ3) is 8.57. The van der Waals surface area contributed by atoms with Crippen LogP contribution in [0.1, 0.15) is 16.2 Å². The maximum absolute atomic E-state index is 10.7. The van der Waals surface area contributed by atoms with E-state index in [1.54, 1.807) is 6.92 Å². The van der Waals surface area contributed by atoms with E-state index < -0.39 is 12.1 Å². The molecule has 0 bridgehead atoms. The van der Waals surface area contributed by atoms with Gasteiger partial charge in [0.05, 0.1) is 12.8 Å². The van der Waals surface area contributed by atoms with E-state index in [1.807, 2.05) is 0 Å². The number of carbonyl (C=O) groups excluding carboxylic acids is 1. The van der Waals surface area contributed by atoms with Gasteiger partial charge in [0.25, 0.3) is 0 Å². The van der Waals surface area contributed by atoms with Crippen molar-refractivity contribution in [3.8, 4) is 0 Å². The first-order chi connectivity index (χ1) is 6.47. The Bertz CT molecular complexity index is 319. The van der Waals surface area contributed by atoms with E-state index in [-0.39, 0.29) is 57.1 Å². The fourth-order valence-corrected chi connectivity index (χ4v) is 0.560. The van der Waals surface area contributed by atoms with Gasteiger partial charge in [-0.1, -0.05) is 5.16 Å². The first-order valence-electron chi connectivity index (χ1n) is 3.39. The Labute approximate surface area is 128 Å². The maximum atomic E-state index is 10.7. The molecule has 1 N–H and O–H groups in total. The molecule has 0 saturated heterocycles. The zero-order valence-corrected chi connectivity index (χ0v) is 11.6. The summed E-state index contributed by atoms with van der Waals surface area (Å²) < 4.78 is 8.97. The topological polar surface area (TPSA) is 113 Å². The molecule has 0 radical (unpaired) electrons. The second kappa shape index (κ2) is 8.86. The molecule has 0 aliphatic carbocycles. The summed E-state index contributed by atoms with van der Waals surface area (Å²) in [5.74, 6) is -0.361. The van der Waals surface area contributed by atoms with Crippen LogP contribution < -0.4 is 56.5 Å². The number of methoxy groups -OCH3 is 1. The van der Waals surface area contributed by atoms with Crippen LogP contribution in [0.2, 0.25) is 0 Å². The van der Waals surface area contributed by atoms with Gasteiger partial charge in [0, 0.05) is 6.07 Å². The molecule has 0 fully saturated rings. The third-order valence-corrected chi connectivity index (χ3v) is 1.01. The van der Waals surface area contributed by atoms with Gasteiger partial charge in [-0.25, -0.2) is 4.79 Å². The molecular weight excluding hydrogens is 233 g/mol. The van der Waals surface area contributed by atoms with Gasteiger partial charge in [0.15, 0.2) is 0 Å². The van der Waals surface area contributed by atoms with Crippen molar-refractivity contribution >= 4 is 12.1 Å². The summed E-state index contributed by atoms with van der Waals surface area (Å²) in [5.41, 5.74) is 0.667. The summed E-state index contributed by atoms with van der Waals surface area (Å²) in [6.45, 7) is 1.73. The zero-order valence-electron chi connectivity index (χ0n) is 8.51. The molecule has 78 valence electrons. The van der Waals surface area contributed by atoms with Crippen molar-refractivity contribution in [3.63, 3.8) is 0 Å². The van der Waals surface area contributed by atoms with Gasteiger partial charge in [0.2, 0.25) is 11.9 Å². The van der Waals surface area contributed by atoms with Gasteiger partial charge in [-0.15, -0.1) is 0 Å². The molecule has 1 rings (SSSR count). The second-order valence-corrected chi connectivity index (χ2v) is 2.09. The predicted molar refractivity (Wildman–Crippen MR) is 40.6 cm³/mol. The maximum Gasteiger partial charge on any atom is 1.00 e. The second-order valence-electron chi connectivity index (χ2n) is 2.09. The summed E-state index contributed by atoms with van der Waals surface area (Å²) >= 11 is 0. The van der Waals surface area contributed by atoms with Crippen molar-refractivity contribution in [1.29, 1.82) is 0 Å². The largest absolute Gasteiger partial charge is 1.00 e. The normalized spacial score (nSPS) is 7.87. The Kier molecular flexibility index (Phi) is 10.0. The van der Waals surface area contributed by atoms with Gasteiger partial charge in [0.1, 0.15) is 0 Å². The molecule has 8 heteroatoms. The average molecular weight is 241 g/mol. The van der Waals surface area contributed by atoms with Gasteiger partial charge >= 0.3 is 57.4 Å². The van der Waals surface area contributed by atoms with Crippen LogP contribution in [0.3, 0.4) is 0 Å². The molecule has 1 heterocycles. The number of aryl methyl sites for hydroxylation is 1. The van der Waals surface area contributed by atoms with Crippen molar-refractivity contribution in [2.24, 2.45) is 0 Å². The Morgan fingerprint density at radius 2 is 2.07 bits per heavy atom. The van der Waals surface area contributed by atoms with Gasteiger partial charge in [-0.3, -0.25) is 0 Å². The number of carboxylic acid groups (broad SMARTS) is 2. The molecule has 0 aliphatic heterocycles. The van der Waals surface area contributed by atoms with Gasteiger partial charge < -0.3 is 24.3 Å². The van der Waals surface area contributed by atoms with E-state index in [9.17, 15) is 4.79 Å². The van der Waals surface area contributed by atoms with Gasteiger partial charge in [-0.05, 0) is 6.92 Å². The van der Waals surface area contributed by atoms with Crippen LogP contribution in [0.25, 0.3) is 0 Å². The number of esters is 1. The smallest absolute Gasteiger partial charge is 0.565 e. The Morgan fingerprint density at radius 3 is 2.33 bits per heavy atom. The minimum atomic E-state index is -2.08. The van der Waals surface area contributed by atoms with Crippen LogP contribution >= 0.6 is 0 Å². The van der Waals surface area contributed by atoms with Crippen molar-refractivity contribution in [1.82, 2.24) is 5.16 Å². The van der Waals surface area contributed by atoms with Crippen LogP contribution in [-0.2, 0) is 4.74 Å². The van der Waals surface area contributed by atoms with E-state index in [1.165, 1.54) is 13.2 Å². The number of ether oxygens (including phenoxy) is 1. The average Bonchev–Trinajstić information content (AvgIpc) is 2.49. The first kappa shape index (κ1) is 17.0. The number of nitrogens with zero attached hydrogens (tertiary/aromatic N) is 1. The van der Waals surface area contributed by atoms with Crippen LogP contribution in [0.15, 0.2) is 10.6 Å². The van der Waals surface area contributed by atoms with E-state index in [4.69, 9.17) is 15.0 Å². The van der Waals surface area contributed by atoms with Crippen molar-refractivity contribution in [3.05, 3.63) is 17.5 Å². The van der Waals surface area contributed by atoms with E-state index in [0.717, 1.165) is 0 Å². The monoisotopic (exact) mass is 241 g/mol. The van der Waals surface area contributed by atoms with Crippen LogP contribution in [0.5, 0.6) is 0 Å². The fraction of sp³-hybridized carbons (Fsp3) is 0.286. The molecule has 0 unspecified atom stereocenters. The Hall–Kier alpha value is -0.414. The third-order valence-electron chi connectivity index (χ3n) is 1.01. The number of aromatic nitrogens is 1. The molecule has 0 amide bonds. The van der Waals surface area contributed by atoms with Gasteiger partial charge in [-0.2, -0.15) is 0 Å². The minimum Gasteiger partial charge on any atom is -0.565 e. The molecule has 0 saturated carbocycles. The molecule has 7 nitrogen and oxygen atoms in total. The SMILES string of the molecule is COC(=O)c1cc(C)no1.O=C([O-])O.[K+]. The molecule has 0 aliphatic rings. The standard InChI is InChI=1S/C6H7NO3.CH2O3.K/c1-4-3-5(10-7-4)6(8)9-2;2-1(3)4;/h3H,1-2H3;(H2,2,3,4);/q;;+1/p-1. The number of hydrogen-bond donors (Lipinski definition) is 1. The Morgan fingerprint density at radius 1 is 1.60 bits per heavy atom. The van der Waals surface area contributed by atoms with Crippen molar-refractivity contribution < 1.29 is 80.4 Å². The first-order valence-corrected chi connectivity index (χ1v) is 3.39. The number of rotatable bonds is 1. The van der Waals surface area contributed by atoms with E-state index in [0.29, 0.717) is 5.69 Å². The van der Waals surface area contributed by atoms with Crippen LogP contribution in [-0.4, -0.2) is 29.5 Å². The molecule has 15 heavy (non-hydrogen) atoms. The number of carbonyl (C=O) groups is 2. The zero-order chi connectivity index (χ0) is 11.1.